The molecule has 0 N–H and O–H groups in total. The van der Waals surface area contributed by atoms with Gasteiger partial charge in [-0.05, 0) is 35.7 Å². The minimum absolute atomic E-state index is 0.0399. The maximum atomic E-state index is 13.0. The molecule has 1 aromatic carbocycles. The molecule has 2 rings (SSSR count). The van der Waals surface area contributed by atoms with E-state index in [1.165, 1.54) is 12.1 Å². The topological polar surface area (TPSA) is 63.7 Å². The van der Waals surface area contributed by atoms with Crippen molar-refractivity contribution in [2.24, 2.45) is 0 Å². The Morgan fingerprint density at radius 3 is 2.07 bits per heavy atom. The van der Waals surface area contributed by atoms with E-state index in [0.717, 1.165) is 9.87 Å². The van der Waals surface area contributed by atoms with E-state index in [9.17, 15) is 13.2 Å². The number of benzene rings is 1. The van der Waals surface area contributed by atoms with Crippen molar-refractivity contribution in [3.05, 3.63) is 29.8 Å². The van der Waals surface area contributed by atoms with Gasteiger partial charge < -0.3 is 4.74 Å². The van der Waals surface area contributed by atoms with Crippen molar-refractivity contribution in [1.82, 2.24) is 4.31 Å². The van der Waals surface area contributed by atoms with Crippen LogP contribution < -0.4 is 0 Å². The van der Waals surface area contributed by atoms with Crippen LogP contribution in [0.4, 0.5) is 4.79 Å². The van der Waals surface area contributed by atoms with Gasteiger partial charge >= 0.3 is 6.09 Å². The zero-order chi connectivity index (χ0) is 22.0. The van der Waals surface area contributed by atoms with Crippen LogP contribution in [-0.4, -0.2) is 39.5 Å². The van der Waals surface area contributed by atoms with E-state index in [0.29, 0.717) is 16.6 Å². The molecule has 1 atom stereocenters. The Hall–Kier alpha value is -1.78. The quantitative estimate of drug-likeness (QED) is 0.460. The zero-order valence-electron chi connectivity index (χ0n) is 18.5. The largest absolute Gasteiger partial charge is 0.446 e. The highest BCUT2D eigenvalue weighted by molar-refractivity contribution is 7.89. The van der Waals surface area contributed by atoms with Crippen LogP contribution in [0.15, 0.2) is 29.2 Å². The normalized spacial score (nSPS) is 17.7. The SMILES string of the molecule is Cc1ccc(S(=O)(=O)N2C(=O)OCC2CC#C[Si](C(C)C)(C(C)C)C(C)C)cc1. The molecule has 1 aromatic rings. The second-order valence-corrected chi connectivity index (χ2v) is 16.1. The van der Waals surface area contributed by atoms with E-state index in [1.54, 1.807) is 12.1 Å². The summed E-state index contributed by atoms with van der Waals surface area (Å²) < 4.78 is 32.0. The van der Waals surface area contributed by atoms with Crippen LogP contribution >= 0.6 is 0 Å². The number of nitrogens with zero attached hydrogens (tertiary/aromatic N) is 1. The molecule has 7 heteroatoms. The molecule has 0 aromatic heterocycles. The minimum Gasteiger partial charge on any atom is -0.446 e. The lowest BCUT2D eigenvalue weighted by atomic mass is 10.2. The molecule has 1 heterocycles. The van der Waals surface area contributed by atoms with Crippen LogP contribution in [0, 0.1) is 18.4 Å². The lowest BCUT2D eigenvalue weighted by Crippen LogP contribution is -2.43. The van der Waals surface area contributed by atoms with E-state index in [-0.39, 0.29) is 17.9 Å². The van der Waals surface area contributed by atoms with Crippen molar-refractivity contribution in [3.8, 4) is 11.5 Å². The molecular formula is C22H33NO4SSi. The summed E-state index contributed by atoms with van der Waals surface area (Å²) in [6.45, 7) is 15.3. The van der Waals surface area contributed by atoms with Gasteiger partial charge in [-0.2, -0.15) is 4.31 Å². The first-order valence-electron chi connectivity index (χ1n) is 10.2. The molecule has 1 amide bonds. The molecule has 0 spiro atoms. The number of rotatable bonds is 6. The average Bonchev–Trinajstić information content (AvgIpc) is 2.99. The minimum atomic E-state index is -3.97. The van der Waals surface area contributed by atoms with Crippen LogP contribution in [0.1, 0.15) is 53.5 Å². The Labute approximate surface area is 176 Å². The fourth-order valence-corrected chi connectivity index (χ4v) is 11.2. The highest BCUT2D eigenvalue weighted by Gasteiger charge is 2.43. The van der Waals surface area contributed by atoms with Gasteiger partial charge in [0.15, 0.2) is 0 Å². The molecule has 5 nitrogen and oxygen atoms in total. The molecule has 29 heavy (non-hydrogen) atoms. The number of carbonyl (C=O) groups is 1. The van der Waals surface area contributed by atoms with Crippen molar-refractivity contribution in [2.75, 3.05) is 6.61 Å². The number of ether oxygens (including phenoxy) is 1. The first kappa shape index (κ1) is 23.5. The second-order valence-electron chi connectivity index (χ2n) is 8.75. The van der Waals surface area contributed by atoms with Gasteiger partial charge in [0.25, 0.3) is 10.0 Å². The first-order valence-corrected chi connectivity index (χ1v) is 13.9. The van der Waals surface area contributed by atoms with Crippen molar-refractivity contribution in [3.63, 3.8) is 0 Å². The molecule has 0 radical (unpaired) electrons. The highest BCUT2D eigenvalue weighted by atomic mass is 32.2. The van der Waals surface area contributed by atoms with Gasteiger partial charge in [0.05, 0.1) is 10.9 Å². The Kier molecular flexibility index (Phi) is 7.23. The predicted molar refractivity (Wildman–Crippen MR) is 119 cm³/mol. The maximum absolute atomic E-state index is 13.0. The number of hydrogen-bond acceptors (Lipinski definition) is 4. The fourth-order valence-electron chi connectivity index (χ4n) is 4.46. The van der Waals surface area contributed by atoms with Gasteiger partial charge in [-0.25, -0.2) is 13.2 Å². The second kappa shape index (κ2) is 8.93. The van der Waals surface area contributed by atoms with Gasteiger partial charge in [-0.3, -0.25) is 0 Å². The van der Waals surface area contributed by atoms with Gasteiger partial charge in [-0.1, -0.05) is 59.2 Å². The third-order valence-electron chi connectivity index (χ3n) is 6.00. The lowest BCUT2D eigenvalue weighted by Gasteiger charge is -2.38. The first-order chi connectivity index (χ1) is 13.4. The van der Waals surface area contributed by atoms with Crippen molar-refractivity contribution >= 4 is 24.2 Å². The van der Waals surface area contributed by atoms with E-state index in [1.807, 2.05) is 6.92 Å². The van der Waals surface area contributed by atoms with Crippen molar-refractivity contribution in [2.45, 2.75) is 82.4 Å². The number of carbonyl (C=O) groups excluding carboxylic acids is 1. The Morgan fingerprint density at radius 2 is 1.59 bits per heavy atom. The molecule has 1 unspecified atom stereocenters. The molecule has 0 bridgehead atoms. The standard InChI is InChI=1S/C22H33NO4SSi/c1-16(2)29(17(3)4,18(5)6)14-8-9-20-15-27-22(24)23(20)28(25,26)21-12-10-19(7)11-13-21/h10-13,16-18,20H,9,15H2,1-7H3. The van der Waals surface area contributed by atoms with Crippen LogP contribution in [0.25, 0.3) is 0 Å². The van der Waals surface area contributed by atoms with E-state index < -0.39 is 30.2 Å². The van der Waals surface area contributed by atoms with Gasteiger partial charge in [-0.15, -0.1) is 11.5 Å². The number of cyclic esters (lactones) is 1. The Balaban J connectivity index is 2.33. The lowest BCUT2D eigenvalue weighted by molar-refractivity contribution is 0.170. The fraction of sp³-hybridized carbons (Fsp3) is 0.591. The van der Waals surface area contributed by atoms with Crippen LogP contribution in [0.5, 0.6) is 0 Å². The third kappa shape index (κ3) is 4.54. The number of amides is 1. The maximum Gasteiger partial charge on any atom is 0.424 e. The van der Waals surface area contributed by atoms with E-state index >= 15 is 0 Å². The summed E-state index contributed by atoms with van der Waals surface area (Å²) in [5.74, 6) is 3.27. The summed E-state index contributed by atoms with van der Waals surface area (Å²) in [5, 5.41) is 0. The van der Waals surface area contributed by atoms with Gasteiger partial charge in [0, 0.05) is 6.42 Å². The van der Waals surface area contributed by atoms with Crippen LogP contribution in [-0.2, 0) is 14.8 Å². The van der Waals surface area contributed by atoms with E-state index in [2.05, 4.69) is 53.0 Å². The smallest absolute Gasteiger partial charge is 0.424 e. The van der Waals surface area contributed by atoms with E-state index in [4.69, 9.17) is 4.74 Å². The monoisotopic (exact) mass is 435 g/mol. The summed E-state index contributed by atoms with van der Waals surface area (Å²) in [6, 6.07) is 5.88. The summed E-state index contributed by atoms with van der Waals surface area (Å²) >= 11 is 0. The highest BCUT2D eigenvalue weighted by Crippen LogP contribution is 2.40. The Bertz CT molecular complexity index is 873. The molecule has 1 aliphatic heterocycles. The summed E-state index contributed by atoms with van der Waals surface area (Å²) in [5.41, 5.74) is 6.01. The van der Waals surface area contributed by atoms with Crippen LogP contribution in [0.2, 0.25) is 16.6 Å². The van der Waals surface area contributed by atoms with Crippen molar-refractivity contribution < 1.29 is 17.9 Å². The molecule has 160 valence electrons. The van der Waals surface area contributed by atoms with Gasteiger partial charge in [0.1, 0.15) is 14.7 Å². The third-order valence-corrected chi connectivity index (χ3v) is 14.2. The number of hydrogen-bond donors (Lipinski definition) is 0. The summed E-state index contributed by atoms with van der Waals surface area (Å²) in [7, 11) is -5.88. The molecular weight excluding hydrogens is 402 g/mol. The zero-order valence-corrected chi connectivity index (χ0v) is 20.3. The number of sulfonamides is 1. The number of aryl methyl sites for hydroxylation is 1. The summed E-state index contributed by atoms with van der Waals surface area (Å²) in [4.78, 5) is 12.3. The van der Waals surface area contributed by atoms with Gasteiger partial charge in [0.2, 0.25) is 0 Å². The van der Waals surface area contributed by atoms with Crippen molar-refractivity contribution in [1.29, 1.82) is 0 Å². The molecule has 1 saturated heterocycles. The molecule has 1 aliphatic rings. The predicted octanol–water partition coefficient (Wildman–Crippen LogP) is 5.12. The Morgan fingerprint density at radius 1 is 1.07 bits per heavy atom. The molecule has 1 fully saturated rings. The summed E-state index contributed by atoms with van der Waals surface area (Å²) in [6.07, 6.45) is -0.532. The average molecular weight is 436 g/mol. The molecule has 0 aliphatic carbocycles. The molecule has 0 saturated carbocycles. The van der Waals surface area contributed by atoms with Crippen LogP contribution in [0.3, 0.4) is 0 Å².